The molecule has 0 aliphatic rings. The van der Waals surface area contributed by atoms with Crippen LogP contribution in [0, 0.1) is 0 Å². The van der Waals surface area contributed by atoms with Gasteiger partial charge in [-0.25, -0.2) is 4.98 Å². The summed E-state index contributed by atoms with van der Waals surface area (Å²) in [6, 6.07) is 0.920. The van der Waals surface area contributed by atoms with Crippen molar-refractivity contribution in [3.05, 3.63) is 29.6 Å². The van der Waals surface area contributed by atoms with E-state index < -0.39 is 29.7 Å². The van der Waals surface area contributed by atoms with Crippen LogP contribution in [0.2, 0.25) is 0 Å². The molecule has 0 aliphatic carbocycles. The molecule has 0 radical (unpaired) electrons. The molecule has 96 valence electrons. The molecule has 9 heteroatoms. The molecule has 0 amide bonds. The van der Waals surface area contributed by atoms with Crippen molar-refractivity contribution in [1.29, 1.82) is 0 Å². The highest BCUT2D eigenvalue weighted by atomic mass is 19.4. The summed E-state index contributed by atoms with van der Waals surface area (Å²) in [6.07, 6.45) is -11.1. The van der Waals surface area contributed by atoms with E-state index in [0.29, 0.717) is 12.1 Å². The molecule has 0 N–H and O–H groups in total. The van der Waals surface area contributed by atoms with Crippen molar-refractivity contribution in [3.63, 3.8) is 0 Å². The maximum Gasteiger partial charge on any atom is 0.459 e. The van der Waals surface area contributed by atoms with Gasteiger partial charge >= 0.3 is 18.3 Å². The van der Waals surface area contributed by atoms with Crippen LogP contribution < -0.4 is 0 Å². The summed E-state index contributed by atoms with van der Waals surface area (Å²) in [5.74, 6) is -5.42. The molecule has 0 saturated carbocycles. The molecular weight excluding hydrogens is 262 g/mol. The van der Waals surface area contributed by atoms with E-state index in [1.165, 1.54) is 0 Å². The van der Waals surface area contributed by atoms with E-state index in [0.717, 1.165) is 0 Å². The van der Waals surface area contributed by atoms with E-state index in [9.17, 15) is 35.1 Å². The monoisotopic (exact) mass is 265 g/mol. The zero-order valence-electron chi connectivity index (χ0n) is 7.70. The molecule has 0 unspecified atom stereocenters. The highest BCUT2D eigenvalue weighted by molar-refractivity contribution is 5.18. The second-order valence-electron chi connectivity index (χ2n) is 2.98. The fourth-order valence-electron chi connectivity index (χ4n) is 0.913. The van der Waals surface area contributed by atoms with E-state index in [2.05, 4.69) is 4.98 Å². The zero-order valence-corrected chi connectivity index (χ0v) is 7.70. The minimum atomic E-state index is -6.00. The minimum Gasteiger partial charge on any atom is -0.242 e. The van der Waals surface area contributed by atoms with Gasteiger partial charge in [-0.05, 0) is 12.1 Å². The van der Waals surface area contributed by atoms with Gasteiger partial charge in [0.15, 0.2) is 0 Å². The van der Waals surface area contributed by atoms with Gasteiger partial charge in [0, 0.05) is 0 Å². The Morgan fingerprint density at radius 2 is 1.24 bits per heavy atom. The van der Waals surface area contributed by atoms with Crippen molar-refractivity contribution in [2.24, 2.45) is 0 Å². The second-order valence-corrected chi connectivity index (χ2v) is 2.98. The lowest BCUT2D eigenvalue weighted by Gasteiger charge is -2.19. The van der Waals surface area contributed by atoms with Crippen molar-refractivity contribution in [1.82, 2.24) is 4.98 Å². The highest BCUT2D eigenvalue weighted by Crippen LogP contribution is 2.43. The van der Waals surface area contributed by atoms with Crippen molar-refractivity contribution < 1.29 is 35.1 Å². The van der Waals surface area contributed by atoms with E-state index in [4.69, 9.17) is 0 Å². The van der Waals surface area contributed by atoms with Crippen molar-refractivity contribution in [2.75, 3.05) is 0 Å². The number of alkyl halides is 8. The molecule has 1 aromatic heterocycles. The Balaban J connectivity index is 3.26. The maximum atomic E-state index is 12.7. The first kappa shape index (κ1) is 13.7. The quantitative estimate of drug-likeness (QED) is 0.704. The van der Waals surface area contributed by atoms with E-state index in [1.54, 1.807) is 0 Å². The third-order valence-corrected chi connectivity index (χ3v) is 1.72. The first-order valence-corrected chi connectivity index (χ1v) is 3.95. The number of aromatic nitrogens is 1. The van der Waals surface area contributed by atoms with Crippen LogP contribution >= 0.6 is 0 Å². The molecular formula is C8H3F8N. The number of hydrogen-bond donors (Lipinski definition) is 0. The van der Waals surface area contributed by atoms with Gasteiger partial charge in [0.05, 0.1) is 0 Å². The van der Waals surface area contributed by atoms with E-state index in [-0.39, 0.29) is 6.07 Å². The fourth-order valence-corrected chi connectivity index (χ4v) is 0.913. The molecule has 0 fully saturated rings. The zero-order chi connectivity index (χ0) is 13.5. The summed E-state index contributed by atoms with van der Waals surface area (Å²) in [5, 5.41) is 0. The first-order chi connectivity index (χ1) is 7.46. The van der Waals surface area contributed by atoms with Crippen LogP contribution in [0.3, 0.4) is 0 Å². The van der Waals surface area contributed by atoms with Crippen molar-refractivity contribution in [3.8, 4) is 0 Å². The van der Waals surface area contributed by atoms with Crippen LogP contribution in [-0.4, -0.2) is 11.2 Å². The lowest BCUT2D eigenvalue weighted by Crippen LogP contribution is -2.35. The Morgan fingerprint density at radius 1 is 0.765 bits per heavy atom. The summed E-state index contributed by atoms with van der Waals surface area (Å²) in [4.78, 5) is 2.29. The predicted octanol–water partition coefficient (Wildman–Crippen LogP) is 3.75. The van der Waals surface area contributed by atoms with Gasteiger partial charge < -0.3 is 0 Å². The van der Waals surface area contributed by atoms with E-state index >= 15 is 0 Å². The second kappa shape index (κ2) is 3.81. The molecule has 0 bridgehead atoms. The number of hydrogen-bond acceptors (Lipinski definition) is 1. The van der Waals surface area contributed by atoms with Crippen molar-refractivity contribution in [2.45, 2.75) is 18.3 Å². The first-order valence-electron chi connectivity index (χ1n) is 3.95. The Hall–Kier alpha value is -1.41. The van der Waals surface area contributed by atoms with Gasteiger partial charge in [-0.3, -0.25) is 0 Å². The Kier molecular flexibility index (Phi) is 3.06. The molecule has 0 spiro atoms. The molecule has 1 nitrogen and oxygen atoms in total. The Morgan fingerprint density at radius 3 is 1.65 bits per heavy atom. The Labute approximate surface area is 89.1 Å². The minimum absolute atomic E-state index is 0.183. The number of pyridine rings is 1. The largest absolute Gasteiger partial charge is 0.459 e. The van der Waals surface area contributed by atoms with Gasteiger partial charge in [-0.15, -0.1) is 0 Å². The molecule has 0 atom stereocenters. The van der Waals surface area contributed by atoms with Crippen LogP contribution in [0.5, 0.6) is 0 Å². The molecule has 0 aromatic carbocycles. The topological polar surface area (TPSA) is 12.9 Å². The van der Waals surface area contributed by atoms with Gasteiger partial charge in [0.1, 0.15) is 11.4 Å². The summed E-state index contributed by atoms with van der Waals surface area (Å²) in [7, 11) is 0. The lowest BCUT2D eigenvalue weighted by atomic mass is 10.2. The van der Waals surface area contributed by atoms with Gasteiger partial charge in [0.2, 0.25) is 0 Å². The summed E-state index contributed by atoms with van der Waals surface area (Å²) in [6.45, 7) is 0. The molecule has 1 aromatic rings. The average molecular weight is 265 g/mol. The average Bonchev–Trinajstić information content (AvgIpc) is 2.15. The standard InChI is InChI=1S/C8H3F8N/c9-6(10,8(14,15)16)4-2-1-3-5(17-4)7(11,12)13/h1-3H. The molecule has 1 rings (SSSR count). The lowest BCUT2D eigenvalue weighted by molar-refractivity contribution is -0.291. The smallest absolute Gasteiger partial charge is 0.242 e. The number of nitrogens with zero attached hydrogens (tertiary/aromatic N) is 1. The van der Waals surface area contributed by atoms with E-state index in [1.807, 2.05) is 0 Å². The molecule has 17 heavy (non-hydrogen) atoms. The SMILES string of the molecule is FC(F)(F)c1cccc(C(F)(F)C(F)(F)F)n1. The third-order valence-electron chi connectivity index (χ3n) is 1.72. The van der Waals surface area contributed by atoms with Crippen LogP contribution in [-0.2, 0) is 12.1 Å². The molecule has 0 saturated heterocycles. The van der Waals surface area contributed by atoms with Gasteiger partial charge in [-0.2, -0.15) is 35.1 Å². The highest BCUT2D eigenvalue weighted by Gasteiger charge is 2.60. The number of rotatable bonds is 1. The summed E-state index contributed by atoms with van der Waals surface area (Å²) >= 11 is 0. The van der Waals surface area contributed by atoms with Crippen LogP contribution in [0.15, 0.2) is 18.2 Å². The van der Waals surface area contributed by atoms with Crippen LogP contribution in [0.4, 0.5) is 35.1 Å². The fraction of sp³-hybridized carbons (Fsp3) is 0.375. The Bertz CT molecular complexity index is 405. The molecule has 1 heterocycles. The van der Waals surface area contributed by atoms with Crippen LogP contribution in [0.1, 0.15) is 11.4 Å². The predicted molar refractivity (Wildman–Crippen MR) is 39.2 cm³/mol. The van der Waals surface area contributed by atoms with Gasteiger partial charge in [0.25, 0.3) is 0 Å². The normalized spacial score (nSPS) is 13.9. The van der Waals surface area contributed by atoms with Crippen molar-refractivity contribution >= 4 is 0 Å². The summed E-state index contributed by atoms with van der Waals surface area (Å²) < 4.78 is 97.2. The summed E-state index contributed by atoms with van der Waals surface area (Å²) in [5.41, 5.74) is -3.79. The maximum absolute atomic E-state index is 12.7. The third kappa shape index (κ3) is 2.64. The number of halogens is 8. The van der Waals surface area contributed by atoms with Gasteiger partial charge in [-0.1, -0.05) is 6.07 Å². The molecule has 0 aliphatic heterocycles. The van der Waals surface area contributed by atoms with Crippen LogP contribution in [0.25, 0.3) is 0 Å².